The first-order valence-corrected chi connectivity index (χ1v) is 14.0. The van der Waals surface area contributed by atoms with Crippen LogP contribution in [-0.4, -0.2) is 56.3 Å². The number of benzene rings is 2. The quantitative estimate of drug-likeness (QED) is 0.638. The molecule has 2 aromatic rings. The van der Waals surface area contributed by atoms with Gasteiger partial charge in [0.25, 0.3) is 5.91 Å². The van der Waals surface area contributed by atoms with Gasteiger partial charge in [-0.1, -0.05) is 43.3 Å². The molecule has 0 bridgehead atoms. The number of amides is 1. The van der Waals surface area contributed by atoms with Gasteiger partial charge in [0, 0.05) is 44.3 Å². The molecule has 1 heterocycles. The third-order valence-corrected chi connectivity index (χ3v) is 8.97. The molecule has 184 valence electrons. The van der Waals surface area contributed by atoms with Gasteiger partial charge in [-0.2, -0.15) is 0 Å². The molecule has 6 nitrogen and oxygen atoms in total. The Morgan fingerprint density at radius 3 is 2.32 bits per heavy atom. The predicted octanol–water partition coefficient (Wildman–Crippen LogP) is 4.28. The zero-order chi connectivity index (χ0) is 24.1. The first-order chi connectivity index (χ1) is 16.3. The highest BCUT2D eigenvalue weighted by Crippen LogP contribution is 2.29. The lowest BCUT2D eigenvalue weighted by molar-refractivity contribution is 0.0539. The number of carbonyl (C=O) groups is 1. The summed E-state index contributed by atoms with van der Waals surface area (Å²) in [5, 5.41) is 0. The van der Waals surface area contributed by atoms with Gasteiger partial charge in [0.2, 0.25) is 10.0 Å². The summed E-state index contributed by atoms with van der Waals surface area (Å²) in [5.41, 5.74) is 1.29. The van der Waals surface area contributed by atoms with Crippen molar-refractivity contribution in [2.45, 2.75) is 69.0 Å². The summed E-state index contributed by atoms with van der Waals surface area (Å²) in [5.74, 6) is 0.732. The second-order valence-corrected chi connectivity index (χ2v) is 11.7. The monoisotopic (exact) mass is 483 g/mol. The smallest absolute Gasteiger partial charge is 0.253 e. The van der Waals surface area contributed by atoms with Crippen LogP contribution in [0, 0.1) is 5.92 Å². The highest BCUT2D eigenvalue weighted by atomic mass is 32.2. The maximum absolute atomic E-state index is 13.2. The van der Waals surface area contributed by atoms with Gasteiger partial charge in [0.1, 0.15) is 0 Å². The number of nitrogens with zero attached hydrogens (tertiary/aromatic N) is 2. The van der Waals surface area contributed by atoms with E-state index in [2.05, 4.69) is 16.5 Å². The summed E-state index contributed by atoms with van der Waals surface area (Å²) in [4.78, 5) is 17.8. The van der Waals surface area contributed by atoms with Crippen molar-refractivity contribution >= 4 is 15.9 Å². The van der Waals surface area contributed by atoms with Crippen LogP contribution in [0.15, 0.2) is 59.5 Å². The SMILES string of the molecule is CC1CCC(N2CCC(N(C)C(=O)c3cccc(S(=O)(=O)NCc4ccccc4)c3)CC2)CC1. The van der Waals surface area contributed by atoms with Crippen molar-refractivity contribution in [1.29, 1.82) is 0 Å². The Bertz CT molecular complexity index is 1060. The molecule has 0 atom stereocenters. The van der Waals surface area contributed by atoms with Crippen molar-refractivity contribution in [2.75, 3.05) is 20.1 Å². The lowest BCUT2D eigenvalue weighted by atomic mass is 9.85. The van der Waals surface area contributed by atoms with Crippen LogP contribution < -0.4 is 4.72 Å². The van der Waals surface area contributed by atoms with Gasteiger partial charge < -0.3 is 9.80 Å². The summed E-state index contributed by atoms with van der Waals surface area (Å²) in [7, 11) is -1.87. The summed E-state index contributed by atoms with van der Waals surface area (Å²) in [6.07, 6.45) is 7.15. The van der Waals surface area contributed by atoms with Crippen LogP contribution in [0.3, 0.4) is 0 Å². The van der Waals surface area contributed by atoms with E-state index in [1.165, 1.54) is 37.8 Å². The molecule has 4 rings (SSSR count). The molecule has 1 saturated heterocycles. The van der Waals surface area contributed by atoms with E-state index < -0.39 is 10.0 Å². The number of rotatable bonds is 7. The third-order valence-electron chi connectivity index (χ3n) is 7.57. The highest BCUT2D eigenvalue weighted by molar-refractivity contribution is 7.89. The Balaban J connectivity index is 1.35. The fourth-order valence-corrected chi connectivity index (χ4v) is 6.33. The van der Waals surface area contributed by atoms with Crippen LogP contribution >= 0.6 is 0 Å². The summed E-state index contributed by atoms with van der Waals surface area (Å²) in [6.45, 7) is 4.61. The molecule has 1 aliphatic carbocycles. The van der Waals surface area contributed by atoms with E-state index in [0.717, 1.165) is 37.4 Å². The number of carbonyl (C=O) groups excluding carboxylic acids is 1. The van der Waals surface area contributed by atoms with Crippen molar-refractivity contribution in [1.82, 2.24) is 14.5 Å². The highest BCUT2D eigenvalue weighted by Gasteiger charge is 2.31. The number of sulfonamides is 1. The number of hydrogen-bond acceptors (Lipinski definition) is 4. The normalized spacial score (nSPS) is 22.4. The zero-order valence-corrected chi connectivity index (χ0v) is 21.1. The first-order valence-electron chi connectivity index (χ1n) is 12.5. The maximum atomic E-state index is 13.2. The Morgan fingerprint density at radius 2 is 1.65 bits per heavy atom. The van der Waals surface area contributed by atoms with Crippen LogP contribution in [0.5, 0.6) is 0 Å². The Morgan fingerprint density at radius 1 is 0.971 bits per heavy atom. The van der Waals surface area contributed by atoms with Crippen LogP contribution in [0.4, 0.5) is 0 Å². The molecule has 1 aliphatic heterocycles. The van der Waals surface area contributed by atoms with Gasteiger partial charge in [-0.25, -0.2) is 13.1 Å². The third kappa shape index (κ3) is 6.06. The number of piperidine rings is 1. The Labute approximate surface area is 204 Å². The molecule has 1 N–H and O–H groups in total. The van der Waals surface area contributed by atoms with Crippen molar-refractivity contribution in [3.05, 3.63) is 65.7 Å². The van der Waals surface area contributed by atoms with E-state index in [4.69, 9.17) is 0 Å². The number of likely N-dealkylation sites (tertiary alicyclic amines) is 1. The second-order valence-electron chi connectivity index (χ2n) is 9.93. The molecule has 7 heteroatoms. The average Bonchev–Trinajstić information content (AvgIpc) is 2.88. The largest absolute Gasteiger partial charge is 0.339 e. The van der Waals surface area contributed by atoms with Gasteiger partial charge in [-0.15, -0.1) is 0 Å². The fourth-order valence-electron chi connectivity index (χ4n) is 5.27. The molecule has 0 unspecified atom stereocenters. The minimum atomic E-state index is -3.72. The standard InChI is InChI=1S/C27H37N3O3S/c1-21-11-13-25(14-12-21)30-17-15-24(16-18-30)29(2)27(31)23-9-6-10-26(19-23)34(32,33)28-20-22-7-4-3-5-8-22/h3-10,19,21,24-25,28H,11-18,20H2,1-2H3. The lowest BCUT2D eigenvalue weighted by Crippen LogP contribution is -2.49. The van der Waals surface area contributed by atoms with Gasteiger partial charge in [-0.05, 0) is 68.2 Å². The molecule has 0 radical (unpaired) electrons. The summed E-state index contributed by atoms with van der Waals surface area (Å²) >= 11 is 0. The second kappa shape index (κ2) is 11.0. The summed E-state index contributed by atoms with van der Waals surface area (Å²) < 4.78 is 28.3. The molecule has 0 aromatic heterocycles. The van der Waals surface area contributed by atoms with E-state index >= 15 is 0 Å². The lowest BCUT2D eigenvalue weighted by Gasteiger charge is -2.42. The maximum Gasteiger partial charge on any atom is 0.253 e. The van der Waals surface area contributed by atoms with E-state index in [9.17, 15) is 13.2 Å². The Hall–Kier alpha value is -2.22. The van der Waals surface area contributed by atoms with E-state index in [1.807, 2.05) is 42.3 Å². The summed E-state index contributed by atoms with van der Waals surface area (Å²) in [6, 6.07) is 16.6. The number of hydrogen-bond donors (Lipinski definition) is 1. The van der Waals surface area contributed by atoms with E-state index in [0.29, 0.717) is 11.6 Å². The molecular weight excluding hydrogens is 446 g/mol. The average molecular weight is 484 g/mol. The van der Waals surface area contributed by atoms with Crippen molar-refractivity contribution in [2.24, 2.45) is 5.92 Å². The van der Waals surface area contributed by atoms with Gasteiger partial charge >= 0.3 is 0 Å². The number of nitrogens with one attached hydrogen (secondary N) is 1. The molecule has 2 aromatic carbocycles. The first kappa shape index (κ1) is 24.9. The molecule has 1 amide bonds. The van der Waals surface area contributed by atoms with Crippen LogP contribution in [0.2, 0.25) is 0 Å². The fraction of sp³-hybridized carbons (Fsp3) is 0.519. The van der Waals surface area contributed by atoms with Crippen molar-refractivity contribution in [3.63, 3.8) is 0 Å². The minimum Gasteiger partial charge on any atom is -0.339 e. The topological polar surface area (TPSA) is 69.7 Å². The molecule has 1 saturated carbocycles. The van der Waals surface area contributed by atoms with E-state index in [-0.39, 0.29) is 23.4 Å². The molecule has 34 heavy (non-hydrogen) atoms. The molecule has 2 fully saturated rings. The minimum absolute atomic E-state index is 0.115. The van der Waals surface area contributed by atoms with Crippen molar-refractivity contribution in [3.8, 4) is 0 Å². The molecule has 2 aliphatic rings. The van der Waals surface area contributed by atoms with Crippen molar-refractivity contribution < 1.29 is 13.2 Å². The predicted molar refractivity (Wildman–Crippen MR) is 135 cm³/mol. The zero-order valence-electron chi connectivity index (χ0n) is 20.3. The van der Waals surface area contributed by atoms with Crippen LogP contribution in [0.25, 0.3) is 0 Å². The van der Waals surface area contributed by atoms with Crippen LogP contribution in [-0.2, 0) is 16.6 Å². The molecule has 0 spiro atoms. The van der Waals surface area contributed by atoms with E-state index in [1.54, 1.807) is 12.1 Å². The van der Waals surface area contributed by atoms with Crippen LogP contribution in [0.1, 0.15) is 61.4 Å². The van der Waals surface area contributed by atoms with Gasteiger partial charge in [0.05, 0.1) is 4.90 Å². The molecular formula is C27H37N3O3S. The van der Waals surface area contributed by atoms with Gasteiger partial charge in [-0.3, -0.25) is 4.79 Å². The van der Waals surface area contributed by atoms with Gasteiger partial charge in [0.15, 0.2) is 0 Å². The Kier molecular flexibility index (Phi) is 8.06.